The number of anilines is 3. The molecule has 16 atom stereocenters. The second-order valence-corrected chi connectivity index (χ2v) is 35.6. The number of fused-ring (bicyclic) bond motifs is 3. The minimum Gasteiger partial charge on any atom is -0.464 e. The maximum absolute atomic E-state index is 14.1. The van der Waals surface area contributed by atoms with Gasteiger partial charge in [0.2, 0.25) is 0 Å². The van der Waals surface area contributed by atoms with E-state index in [4.69, 9.17) is 106 Å². The number of methoxy groups -OCH3 is 2. The molecule has 7 unspecified atom stereocenters. The molecule has 3 saturated heterocycles. The smallest absolute Gasteiger partial charge is 0.464 e. The average molecular weight is 1540 g/mol. The fourth-order valence-corrected chi connectivity index (χ4v) is 17.8. The van der Waals surface area contributed by atoms with Crippen molar-refractivity contribution < 1.29 is 104 Å². The van der Waals surface area contributed by atoms with E-state index < -0.39 is 146 Å². The van der Waals surface area contributed by atoms with Gasteiger partial charge >= 0.3 is 34.0 Å². The third-order valence-corrected chi connectivity index (χ3v) is 24.1. The van der Waals surface area contributed by atoms with E-state index in [1.807, 2.05) is 13.8 Å². The largest absolute Gasteiger partial charge is 0.472 e. The summed E-state index contributed by atoms with van der Waals surface area (Å²) < 4.78 is 107. The van der Waals surface area contributed by atoms with E-state index in [9.17, 15) is 38.6 Å². The Bertz CT molecular complexity index is 3850. The van der Waals surface area contributed by atoms with Crippen LogP contribution in [0.25, 0.3) is 33.5 Å². The van der Waals surface area contributed by atoms with Gasteiger partial charge in [0.25, 0.3) is 0 Å². The Labute approximate surface area is 590 Å². The van der Waals surface area contributed by atoms with Crippen molar-refractivity contribution >= 4 is 120 Å². The summed E-state index contributed by atoms with van der Waals surface area (Å²) in [5.41, 5.74) is 18.4. The van der Waals surface area contributed by atoms with Gasteiger partial charge in [-0.15, -0.1) is 0 Å². The number of rotatable bonds is 43. The van der Waals surface area contributed by atoms with Crippen LogP contribution in [0.15, 0.2) is 38.0 Å². The van der Waals surface area contributed by atoms with Crippen LogP contribution in [-0.4, -0.2) is 209 Å². The van der Waals surface area contributed by atoms with Gasteiger partial charge in [0.05, 0.1) is 57.4 Å². The normalized spacial score (nSPS) is 25.9. The first-order valence-electron chi connectivity index (χ1n) is 32.6. The third-order valence-electron chi connectivity index (χ3n) is 17.0. The van der Waals surface area contributed by atoms with Crippen molar-refractivity contribution in [1.82, 2.24) is 58.6 Å². The van der Waals surface area contributed by atoms with Crippen molar-refractivity contribution in [2.24, 2.45) is 5.41 Å². The first kappa shape index (κ1) is 80.0. The van der Waals surface area contributed by atoms with Gasteiger partial charge < -0.3 is 84.5 Å². The highest BCUT2D eigenvalue weighted by Gasteiger charge is 2.54. The van der Waals surface area contributed by atoms with Crippen LogP contribution in [0.4, 0.5) is 17.5 Å². The number of imidazole rings is 3. The summed E-state index contributed by atoms with van der Waals surface area (Å²) >= 11 is 11.7. The first-order chi connectivity index (χ1) is 47.7. The zero-order valence-corrected chi connectivity index (χ0v) is 61.8. The van der Waals surface area contributed by atoms with Gasteiger partial charge in [0, 0.05) is 20.0 Å². The van der Waals surface area contributed by atoms with Crippen LogP contribution in [0.5, 0.6) is 0 Å². The molecule has 44 heteroatoms. The summed E-state index contributed by atoms with van der Waals surface area (Å²) in [7, 11) is -2.23. The monoisotopic (exact) mass is 1540 g/mol. The number of hydrogen-bond donors (Lipinski definition) is 9. The molecule has 0 radical (unpaired) electrons. The minimum absolute atomic E-state index is 0.00243. The molecule has 0 spiro atoms. The lowest BCUT2D eigenvalue weighted by molar-refractivity contribution is -0.153. The Morgan fingerprint density at radius 3 is 1.41 bits per heavy atom. The molecule has 100 heavy (non-hydrogen) atoms. The molecular weight excluding hydrogens is 1450 g/mol. The van der Waals surface area contributed by atoms with E-state index in [-0.39, 0.29) is 63.3 Å². The van der Waals surface area contributed by atoms with E-state index in [2.05, 4.69) is 51.8 Å². The lowest BCUT2D eigenvalue weighted by Crippen LogP contribution is -2.38. The van der Waals surface area contributed by atoms with Crippen molar-refractivity contribution in [3.8, 4) is 0 Å². The number of unbranched alkanes of at least 4 members (excludes halogenated alkanes) is 13. The molecule has 3 fully saturated rings. The Kier molecular flexibility index (Phi) is 29.0. The molecule has 0 saturated carbocycles. The molecule has 9 rings (SSSR count). The van der Waals surface area contributed by atoms with Crippen LogP contribution in [-0.2, 0) is 97.6 Å². The van der Waals surface area contributed by atoms with Gasteiger partial charge in [-0.25, -0.2) is 54.0 Å². The molecule has 6 aromatic rings. The zero-order chi connectivity index (χ0) is 72.0. The van der Waals surface area contributed by atoms with Crippen LogP contribution in [0.2, 0.25) is 0 Å². The van der Waals surface area contributed by atoms with Crippen molar-refractivity contribution in [3.05, 3.63) is 38.0 Å². The highest BCUT2D eigenvalue weighted by Crippen LogP contribution is 2.60. The van der Waals surface area contributed by atoms with Gasteiger partial charge in [0.1, 0.15) is 97.1 Å². The van der Waals surface area contributed by atoms with Crippen molar-refractivity contribution in [2.45, 2.75) is 191 Å². The van der Waals surface area contributed by atoms with Crippen molar-refractivity contribution in [2.75, 3.05) is 76.8 Å². The molecule has 558 valence electrons. The number of carbonyl (C=O) groups excluding carboxylic acids is 1. The number of phosphoric ester groups is 1. The van der Waals surface area contributed by atoms with Gasteiger partial charge in [0.15, 0.2) is 53.1 Å². The maximum Gasteiger partial charge on any atom is 0.472 e. The number of aliphatic hydroxyl groups is 2. The number of aliphatic hydroxyl groups excluding tert-OH is 2. The number of nitrogens with two attached hydrogens (primary N) is 3. The molecule has 37 nitrogen and oxygen atoms in total. The topological polar surface area (TPSA) is 501 Å². The van der Waals surface area contributed by atoms with Crippen LogP contribution in [0, 0.1) is 5.41 Å². The summed E-state index contributed by atoms with van der Waals surface area (Å²) in [5, 5.41) is 21.3. The Hall–Kier alpha value is -4.09. The van der Waals surface area contributed by atoms with E-state index in [1.165, 1.54) is 117 Å². The number of hydrogen-bond acceptors (Lipinski definition) is 33. The second kappa shape index (κ2) is 36.3. The van der Waals surface area contributed by atoms with Gasteiger partial charge in [-0.2, -0.15) is 0 Å². The van der Waals surface area contributed by atoms with Gasteiger partial charge in [-0.1, -0.05) is 96.8 Å². The average Bonchev–Trinajstić information content (AvgIpc) is 1.61. The molecule has 0 aromatic carbocycles. The third kappa shape index (κ3) is 20.7. The van der Waals surface area contributed by atoms with E-state index in [0.29, 0.717) is 17.8 Å². The number of carbonyl (C=O) groups is 1. The number of phosphoric acid groups is 1. The molecule has 0 amide bonds. The predicted molar refractivity (Wildman–Crippen MR) is 369 cm³/mol. The fraction of sp³-hybridized carbons (Fsp3) is 0.714. The highest BCUT2D eigenvalue weighted by atomic mass is 32.7. The molecule has 12 N–H and O–H groups in total. The highest BCUT2D eigenvalue weighted by molar-refractivity contribution is 8.54. The summed E-state index contributed by atoms with van der Waals surface area (Å²) in [5.74, 6) is -0.581. The van der Waals surface area contributed by atoms with Crippen LogP contribution < -0.4 is 17.2 Å². The number of ether oxygens (including phenoxy) is 6. The zero-order valence-electron chi connectivity index (χ0n) is 55.8. The summed E-state index contributed by atoms with van der Waals surface area (Å²) in [6, 6.07) is 0. The van der Waals surface area contributed by atoms with Crippen LogP contribution in [0.3, 0.4) is 0 Å². The second-order valence-electron chi connectivity index (χ2n) is 24.6. The molecule has 9 heterocycles. The molecule has 0 bridgehead atoms. The molecule has 6 aromatic heterocycles. The SMILES string of the molecule is CCCCCCCCCCCCCCCCC(C)(C)C(=O)OCCSP(=O)(O)O[C@H]1C(OC)[C@@H](COP(O)(=S)O[C@H]2C(O)[C@@H](COP(O)(=S)O[C@H]3C(OC)[C@@H](COP(=O)(O)OCCO)O[C@H]3n3cnc4c(N)ncnc43)O[C@H]2n2cnc3c(N)ncnc32)O[C@H]1n1cnc2c(N)ncnc21. The molecular formula is C56H89N15O22P4S3. The molecule has 0 aliphatic carbocycles. The number of nitrogens with zero attached hydrogens (tertiary/aromatic N) is 12. The first-order valence-corrected chi connectivity index (χ1v) is 42.4. The maximum atomic E-state index is 14.1. The van der Waals surface area contributed by atoms with E-state index >= 15 is 0 Å². The standard InChI is InChI=1S/C56H89N15O22P4S3/c1-6-7-8-9-10-11-12-13-14-15-16-17-18-19-20-56(2,3)55(74)83-23-24-100-95(77,78)91-44-41(81-4)36(90-53(44)70-32-67-38-47(58)61-29-64-50(38)70)27-87-96(79,98)92-43-40(73)34(88-52(43)69-31-66-37-46(57)60-28-63-49(37)69)25-86-97(80,99)93-45-42(82-5)35(26-85-94(75,76)84-22-21-72)89-54(45)71-33-68-39-48(59)62-30-65-51(39)71/h28-36,40-45,52-54,72-73H,6-27H2,1-5H3,(H,75,76)(H,77,78)(H,79,98)(H,80,99)(H2,57,60,63)(H2,58,61,64)(H2,59,62,65)/t34-,35-,36-,40?,41?,42?,43+,44+,45+,52-,53-,54-,96?,97?/m1/s1. The van der Waals surface area contributed by atoms with E-state index in [1.54, 1.807) is 0 Å². The number of nitrogen functional groups attached to an aromatic ring is 3. The number of aromatic nitrogens is 12. The fourth-order valence-electron chi connectivity index (χ4n) is 11.9. The Morgan fingerprint density at radius 1 is 0.560 bits per heavy atom. The number of esters is 1. The predicted octanol–water partition coefficient (Wildman–Crippen LogP) is 6.36. The van der Waals surface area contributed by atoms with E-state index in [0.717, 1.165) is 38.3 Å². The van der Waals surface area contributed by atoms with Gasteiger partial charge in [-0.05, 0) is 55.3 Å². The molecule has 3 aliphatic heterocycles. The van der Waals surface area contributed by atoms with Crippen molar-refractivity contribution in [3.63, 3.8) is 0 Å². The minimum atomic E-state index is -4.76. The van der Waals surface area contributed by atoms with Crippen LogP contribution in [0.1, 0.15) is 136 Å². The van der Waals surface area contributed by atoms with Gasteiger partial charge in [-0.3, -0.25) is 41.1 Å². The lowest BCUT2D eigenvalue weighted by Gasteiger charge is -2.28. The summed E-state index contributed by atoms with van der Waals surface area (Å²) in [6.07, 6.45) is 7.72. The van der Waals surface area contributed by atoms with Crippen LogP contribution >= 0.6 is 39.4 Å². The quantitative estimate of drug-likeness (QED) is 0.0114. The summed E-state index contributed by atoms with van der Waals surface area (Å²) in [6.45, 7) is -11.4. The summed E-state index contributed by atoms with van der Waals surface area (Å²) in [4.78, 5) is 96.8. The Morgan fingerprint density at radius 2 is 0.960 bits per heavy atom. The lowest BCUT2D eigenvalue weighted by atomic mass is 9.87. The Balaban J connectivity index is 0.846. The molecule has 3 aliphatic rings. The van der Waals surface area contributed by atoms with Crippen molar-refractivity contribution in [1.29, 1.82) is 0 Å².